The molecule has 0 aliphatic carbocycles. The molecule has 6 nitrogen and oxygen atoms in total. The van der Waals surface area contributed by atoms with Gasteiger partial charge in [-0.05, 0) is 92.9 Å². The van der Waals surface area contributed by atoms with Crippen LogP contribution in [0.2, 0.25) is 0 Å². The molecule has 188 valence electrons. The van der Waals surface area contributed by atoms with E-state index < -0.39 is 0 Å². The van der Waals surface area contributed by atoms with Crippen molar-refractivity contribution in [2.75, 3.05) is 32.6 Å². The van der Waals surface area contributed by atoms with Gasteiger partial charge in [-0.2, -0.15) is 0 Å². The van der Waals surface area contributed by atoms with Crippen molar-refractivity contribution in [3.8, 4) is 17.2 Å². The van der Waals surface area contributed by atoms with Crippen molar-refractivity contribution >= 4 is 17.7 Å². The van der Waals surface area contributed by atoms with Crippen LogP contribution in [0.15, 0.2) is 72.8 Å². The van der Waals surface area contributed by atoms with Gasteiger partial charge in [-0.25, -0.2) is 0 Å². The number of likely N-dealkylation sites (tertiary alicyclic amines) is 1. The molecule has 0 bridgehead atoms. The maximum atomic E-state index is 12.5. The Morgan fingerprint density at radius 1 is 1.08 bits per heavy atom. The number of anilines is 1. The highest BCUT2D eigenvalue weighted by atomic mass is 16.5. The smallest absolute Gasteiger partial charge is 0.248 e. The highest BCUT2D eigenvalue weighted by Gasteiger charge is 2.17. The molecule has 36 heavy (non-hydrogen) atoms. The number of rotatable bonds is 9. The zero-order valence-corrected chi connectivity index (χ0v) is 20.9. The van der Waals surface area contributed by atoms with Crippen molar-refractivity contribution in [1.29, 1.82) is 0 Å². The lowest BCUT2D eigenvalue weighted by Crippen LogP contribution is -2.30. The topological polar surface area (TPSA) is 71.0 Å². The first kappa shape index (κ1) is 25.3. The number of methoxy groups -OCH3 is 1. The van der Waals surface area contributed by atoms with Gasteiger partial charge in [-0.1, -0.05) is 36.4 Å². The maximum absolute atomic E-state index is 12.5. The zero-order valence-electron chi connectivity index (χ0n) is 20.9. The number of amides is 1. The van der Waals surface area contributed by atoms with Crippen LogP contribution in [0.3, 0.4) is 0 Å². The fraction of sp³-hybridized carbons (Fsp3) is 0.300. The lowest BCUT2D eigenvalue weighted by atomic mass is 9.90. The number of phenols is 1. The first-order chi connectivity index (χ1) is 17.5. The van der Waals surface area contributed by atoms with Crippen LogP contribution in [0.25, 0.3) is 6.08 Å². The number of carbonyl (C=O) groups excluding carboxylic acids is 1. The number of benzene rings is 3. The first-order valence-electron chi connectivity index (χ1n) is 12.3. The number of phenolic OH excluding ortho intramolecular Hbond substituents is 1. The maximum Gasteiger partial charge on any atom is 0.248 e. The molecule has 0 aromatic heterocycles. The molecule has 3 aromatic carbocycles. The van der Waals surface area contributed by atoms with E-state index in [1.165, 1.54) is 44.7 Å². The fourth-order valence-corrected chi connectivity index (χ4v) is 4.41. The van der Waals surface area contributed by atoms with E-state index in [-0.39, 0.29) is 11.7 Å². The minimum Gasteiger partial charge on any atom is -0.504 e. The van der Waals surface area contributed by atoms with E-state index in [9.17, 15) is 9.90 Å². The molecule has 0 spiro atoms. The molecule has 4 rings (SSSR count). The van der Waals surface area contributed by atoms with E-state index in [2.05, 4.69) is 29.4 Å². The lowest BCUT2D eigenvalue weighted by molar-refractivity contribution is -0.111. The monoisotopic (exact) mass is 486 g/mol. The molecule has 1 aliphatic rings. The number of piperidine rings is 1. The number of nitrogens with zero attached hydrogens (tertiary/aromatic N) is 1. The summed E-state index contributed by atoms with van der Waals surface area (Å²) in [5.41, 5.74) is 3.63. The van der Waals surface area contributed by atoms with Crippen molar-refractivity contribution < 1.29 is 19.4 Å². The number of hydrogen-bond donors (Lipinski definition) is 2. The van der Waals surface area contributed by atoms with E-state index in [0.29, 0.717) is 23.6 Å². The highest BCUT2D eigenvalue weighted by molar-refractivity contribution is 6.02. The first-order valence-corrected chi connectivity index (χ1v) is 12.3. The van der Waals surface area contributed by atoms with Crippen molar-refractivity contribution in [3.63, 3.8) is 0 Å². The Balaban J connectivity index is 1.31. The van der Waals surface area contributed by atoms with E-state index >= 15 is 0 Å². The molecule has 1 fully saturated rings. The van der Waals surface area contributed by atoms with Gasteiger partial charge in [0.05, 0.1) is 7.11 Å². The minimum absolute atomic E-state index is 0.0254. The van der Waals surface area contributed by atoms with Crippen LogP contribution in [0.5, 0.6) is 17.2 Å². The average molecular weight is 487 g/mol. The van der Waals surface area contributed by atoms with Crippen molar-refractivity contribution in [1.82, 2.24) is 4.90 Å². The van der Waals surface area contributed by atoms with E-state index in [1.807, 2.05) is 36.4 Å². The molecule has 3 aromatic rings. The summed E-state index contributed by atoms with van der Waals surface area (Å²) < 4.78 is 11.1. The Morgan fingerprint density at radius 3 is 2.56 bits per heavy atom. The molecular formula is C30H34N2O4. The molecule has 0 radical (unpaired) electrons. The van der Waals surface area contributed by atoms with Gasteiger partial charge in [-0.15, -0.1) is 0 Å². The zero-order chi connectivity index (χ0) is 25.3. The van der Waals surface area contributed by atoms with Gasteiger partial charge < -0.3 is 24.8 Å². The van der Waals surface area contributed by atoms with Crippen molar-refractivity contribution in [2.45, 2.75) is 25.9 Å². The van der Waals surface area contributed by atoms with Gasteiger partial charge in [0.1, 0.15) is 12.4 Å². The summed E-state index contributed by atoms with van der Waals surface area (Å²) in [7, 11) is 3.68. The summed E-state index contributed by atoms with van der Waals surface area (Å²) >= 11 is 0. The predicted octanol–water partition coefficient (Wildman–Crippen LogP) is 5.52. The molecule has 1 aliphatic heterocycles. The van der Waals surface area contributed by atoms with Crippen LogP contribution in [0, 0.1) is 5.92 Å². The molecule has 0 saturated carbocycles. The summed E-state index contributed by atoms with van der Waals surface area (Å²) in [5, 5.41) is 12.8. The number of aromatic hydroxyl groups is 1. The standard InChI is InChI=1S/C30H34N2O4/c1-32-17-15-24(16-18-32)19-22-7-11-26(12-8-22)36-21-25-5-3-4-6-27(25)31-30(34)14-10-23-9-13-29(35-2)28(33)20-23/h3-14,20,24,33H,15-19,21H2,1-2H3,(H,31,34)/b14-10+. The molecule has 2 N–H and O–H groups in total. The lowest BCUT2D eigenvalue weighted by Gasteiger charge is -2.28. The summed E-state index contributed by atoms with van der Waals surface area (Å²) in [6.45, 7) is 2.71. The van der Waals surface area contributed by atoms with Crippen LogP contribution >= 0.6 is 0 Å². The van der Waals surface area contributed by atoms with Gasteiger partial charge in [0.15, 0.2) is 11.5 Å². The molecule has 1 heterocycles. The normalized spacial score (nSPS) is 14.6. The van der Waals surface area contributed by atoms with Crippen LogP contribution in [-0.2, 0) is 17.8 Å². The number of para-hydroxylation sites is 1. The Kier molecular flexibility index (Phi) is 8.63. The van der Waals surface area contributed by atoms with Gasteiger partial charge in [0.2, 0.25) is 5.91 Å². The average Bonchev–Trinajstić information content (AvgIpc) is 2.89. The second-order valence-corrected chi connectivity index (χ2v) is 9.29. The summed E-state index contributed by atoms with van der Waals surface area (Å²) in [6.07, 6.45) is 6.71. The van der Waals surface area contributed by atoms with Crippen LogP contribution in [0.1, 0.15) is 29.5 Å². The molecule has 0 unspecified atom stereocenters. The number of hydrogen-bond acceptors (Lipinski definition) is 5. The number of carbonyl (C=O) groups is 1. The summed E-state index contributed by atoms with van der Waals surface area (Å²) in [6, 6.07) is 20.9. The van der Waals surface area contributed by atoms with Crippen molar-refractivity contribution in [3.05, 3.63) is 89.5 Å². The molecule has 0 atom stereocenters. The van der Waals surface area contributed by atoms with E-state index in [0.717, 1.165) is 23.7 Å². The van der Waals surface area contributed by atoms with Crippen LogP contribution < -0.4 is 14.8 Å². The van der Waals surface area contributed by atoms with Gasteiger partial charge in [0, 0.05) is 17.3 Å². The summed E-state index contributed by atoms with van der Waals surface area (Å²) in [4.78, 5) is 14.9. The third-order valence-corrected chi connectivity index (χ3v) is 6.59. The predicted molar refractivity (Wildman–Crippen MR) is 143 cm³/mol. The molecule has 6 heteroatoms. The third-order valence-electron chi connectivity index (χ3n) is 6.59. The van der Waals surface area contributed by atoms with E-state index in [4.69, 9.17) is 9.47 Å². The molecular weight excluding hydrogens is 452 g/mol. The van der Waals surface area contributed by atoms with Gasteiger partial charge in [0.25, 0.3) is 0 Å². The largest absolute Gasteiger partial charge is 0.504 e. The Bertz CT molecular complexity index is 1180. The highest BCUT2D eigenvalue weighted by Crippen LogP contribution is 2.27. The Morgan fingerprint density at radius 2 is 1.83 bits per heavy atom. The summed E-state index contributed by atoms with van der Waals surface area (Å²) in [5.74, 6) is 1.71. The van der Waals surface area contributed by atoms with Crippen LogP contribution in [-0.4, -0.2) is 43.2 Å². The Labute approximate surface area is 213 Å². The SMILES string of the molecule is COc1ccc(/C=C/C(=O)Nc2ccccc2COc2ccc(CC3CCN(C)CC3)cc2)cc1O. The van der Waals surface area contributed by atoms with Gasteiger partial charge in [-0.3, -0.25) is 4.79 Å². The fourth-order valence-electron chi connectivity index (χ4n) is 4.41. The van der Waals surface area contributed by atoms with Crippen molar-refractivity contribution in [2.24, 2.45) is 5.92 Å². The molecule has 1 amide bonds. The third kappa shape index (κ3) is 7.12. The second-order valence-electron chi connectivity index (χ2n) is 9.29. The number of ether oxygens (including phenoxy) is 2. The number of nitrogens with one attached hydrogen (secondary N) is 1. The van der Waals surface area contributed by atoms with Crippen LogP contribution in [0.4, 0.5) is 5.69 Å². The minimum atomic E-state index is -0.268. The quantitative estimate of drug-likeness (QED) is 0.390. The molecule has 1 saturated heterocycles. The van der Waals surface area contributed by atoms with E-state index in [1.54, 1.807) is 24.3 Å². The Hall–Kier alpha value is -3.77. The second kappa shape index (κ2) is 12.3. The van der Waals surface area contributed by atoms with Gasteiger partial charge >= 0.3 is 0 Å².